The van der Waals surface area contributed by atoms with Gasteiger partial charge in [-0.15, -0.1) is 0 Å². The Labute approximate surface area is 112 Å². The number of nitrogens with zero attached hydrogens (tertiary/aromatic N) is 1. The molecule has 1 aromatic rings. The number of hydrogen-bond donors (Lipinski definition) is 1. The molecule has 2 nitrogen and oxygen atoms in total. The Kier molecular flexibility index (Phi) is 4.87. The summed E-state index contributed by atoms with van der Waals surface area (Å²) in [6.45, 7) is 9.07. The molecule has 0 fully saturated rings. The van der Waals surface area contributed by atoms with E-state index in [9.17, 15) is 0 Å². The summed E-state index contributed by atoms with van der Waals surface area (Å²) in [5, 5.41) is 3.61. The van der Waals surface area contributed by atoms with Gasteiger partial charge in [-0.2, -0.15) is 0 Å². The average molecular weight is 248 g/mol. The van der Waals surface area contributed by atoms with Crippen molar-refractivity contribution in [3.05, 3.63) is 23.5 Å². The molecule has 1 unspecified atom stereocenters. The van der Waals surface area contributed by atoms with E-state index in [4.69, 9.17) is 0 Å². The molecule has 0 radical (unpaired) electrons. The summed E-state index contributed by atoms with van der Waals surface area (Å²) in [7, 11) is 0. The second-order valence-electron chi connectivity index (χ2n) is 6.02. The van der Waals surface area contributed by atoms with Crippen LogP contribution in [0.25, 0.3) is 0 Å². The minimum absolute atomic E-state index is 0.602. The van der Waals surface area contributed by atoms with Crippen LogP contribution in [0.15, 0.2) is 12.4 Å². The van der Waals surface area contributed by atoms with Crippen molar-refractivity contribution in [3.8, 4) is 0 Å². The van der Waals surface area contributed by atoms with Crippen molar-refractivity contribution >= 4 is 0 Å². The maximum Gasteiger partial charge on any atom is 0.0338 e. The molecule has 2 heteroatoms. The molecular weight excluding hydrogens is 220 g/mol. The second-order valence-corrected chi connectivity index (χ2v) is 6.02. The van der Waals surface area contributed by atoms with Gasteiger partial charge in [-0.1, -0.05) is 20.8 Å². The van der Waals surface area contributed by atoms with Gasteiger partial charge < -0.3 is 9.88 Å². The van der Waals surface area contributed by atoms with Gasteiger partial charge in [0.2, 0.25) is 0 Å². The van der Waals surface area contributed by atoms with E-state index >= 15 is 0 Å². The summed E-state index contributed by atoms with van der Waals surface area (Å²) in [6, 6.07) is 0.602. The first kappa shape index (κ1) is 13.7. The van der Waals surface area contributed by atoms with Gasteiger partial charge in [0.1, 0.15) is 0 Å². The smallest absolute Gasteiger partial charge is 0.0338 e. The zero-order valence-corrected chi connectivity index (χ0v) is 12.2. The van der Waals surface area contributed by atoms with Gasteiger partial charge in [0.05, 0.1) is 0 Å². The highest BCUT2D eigenvalue weighted by Gasteiger charge is 2.20. The van der Waals surface area contributed by atoms with Crippen molar-refractivity contribution in [1.82, 2.24) is 9.88 Å². The Hall–Kier alpha value is -0.760. The lowest BCUT2D eigenvalue weighted by Crippen LogP contribution is -2.23. The molecule has 18 heavy (non-hydrogen) atoms. The molecular formula is C16H28N2. The molecule has 0 bridgehead atoms. The number of aryl methyl sites for hydroxylation is 2. The molecule has 102 valence electrons. The zero-order valence-electron chi connectivity index (χ0n) is 12.2. The highest BCUT2D eigenvalue weighted by molar-refractivity contribution is 5.30. The van der Waals surface area contributed by atoms with Crippen molar-refractivity contribution in [2.45, 2.75) is 65.5 Å². The quantitative estimate of drug-likeness (QED) is 0.807. The Morgan fingerprint density at radius 3 is 2.94 bits per heavy atom. The lowest BCUT2D eigenvalue weighted by atomic mass is 9.91. The zero-order chi connectivity index (χ0) is 13.0. The minimum atomic E-state index is 0.602. The topological polar surface area (TPSA) is 17.0 Å². The molecule has 1 aliphatic carbocycles. The standard InChI is InChI=1S/C16H28N2/c1-4-17-16-9-5-8-14-11-18(12-15(14)16)10-6-7-13(2)3/h11-13,16-17H,4-10H2,1-3H3. The van der Waals surface area contributed by atoms with Crippen molar-refractivity contribution < 1.29 is 0 Å². The van der Waals surface area contributed by atoms with Crippen LogP contribution in [0.3, 0.4) is 0 Å². The molecule has 0 saturated heterocycles. The van der Waals surface area contributed by atoms with Crippen molar-refractivity contribution in [3.63, 3.8) is 0 Å². The summed E-state index contributed by atoms with van der Waals surface area (Å²) >= 11 is 0. The van der Waals surface area contributed by atoms with E-state index in [1.165, 1.54) is 38.6 Å². The van der Waals surface area contributed by atoms with E-state index < -0.39 is 0 Å². The van der Waals surface area contributed by atoms with Crippen LogP contribution in [0, 0.1) is 5.92 Å². The van der Waals surface area contributed by atoms with E-state index in [0.29, 0.717) is 6.04 Å². The average Bonchev–Trinajstić information content (AvgIpc) is 2.73. The van der Waals surface area contributed by atoms with Gasteiger partial charge >= 0.3 is 0 Å². The van der Waals surface area contributed by atoms with Crippen LogP contribution in [0.1, 0.15) is 63.6 Å². The van der Waals surface area contributed by atoms with Gasteiger partial charge in [-0.3, -0.25) is 0 Å². The summed E-state index contributed by atoms with van der Waals surface area (Å²) < 4.78 is 2.42. The van der Waals surface area contributed by atoms with Crippen molar-refractivity contribution in [2.75, 3.05) is 6.54 Å². The highest BCUT2D eigenvalue weighted by Crippen LogP contribution is 2.30. The molecule has 0 amide bonds. The fourth-order valence-electron chi connectivity index (χ4n) is 3.02. The van der Waals surface area contributed by atoms with Gasteiger partial charge in [-0.25, -0.2) is 0 Å². The normalized spacial score (nSPS) is 19.2. The Bertz CT molecular complexity index is 365. The van der Waals surface area contributed by atoms with Crippen LogP contribution in [-0.4, -0.2) is 11.1 Å². The SMILES string of the molecule is CCNC1CCCc2cn(CCCC(C)C)cc21. The van der Waals surface area contributed by atoms with E-state index in [-0.39, 0.29) is 0 Å². The molecule has 0 aromatic carbocycles. The number of hydrogen-bond acceptors (Lipinski definition) is 1. The first-order valence-corrected chi connectivity index (χ1v) is 7.62. The van der Waals surface area contributed by atoms with Gasteiger partial charge in [0, 0.05) is 25.0 Å². The molecule has 0 aliphatic heterocycles. The number of nitrogens with one attached hydrogen (secondary N) is 1. The van der Waals surface area contributed by atoms with Crippen LogP contribution < -0.4 is 5.32 Å². The maximum absolute atomic E-state index is 3.61. The minimum Gasteiger partial charge on any atom is -0.354 e. The van der Waals surface area contributed by atoms with Crippen LogP contribution in [0.5, 0.6) is 0 Å². The first-order chi connectivity index (χ1) is 8.70. The number of rotatable bonds is 6. The Morgan fingerprint density at radius 1 is 1.39 bits per heavy atom. The fourth-order valence-corrected chi connectivity index (χ4v) is 3.02. The molecule has 1 aromatic heterocycles. The molecule has 1 heterocycles. The predicted octanol–water partition coefficient (Wildman–Crippen LogP) is 3.91. The van der Waals surface area contributed by atoms with E-state index in [1.54, 1.807) is 11.1 Å². The number of aromatic nitrogens is 1. The van der Waals surface area contributed by atoms with E-state index in [1.807, 2.05) is 0 Å². The van der Waals surface area contributed by atoms with Crippen molar-refractivity contribution in [2.24, 2.45) is 5.92 Å². The Balaban J connectivity index is 1.98. The summed E-state index contributed by atoms with van der Waals surface area (Å²) in [5.74, 6) is 0.824. The molecule has 0 spiro atoms. The van der Waals surface area contributed by atoms with Gasteiger partial charge in [-0.05, 0) is 55.7 Å². The largest absolute Gasteiger partial charge is 0.354 e. The molecule has 1 atom stereocenters. The molecule has 0 saturated carbocycles. The predicted molar refractivity (Wildman–Crippen MR) is 77.9 cm³/mol. The lowest BCUT2D eigenvalue weighted by Gasteiger charge is -2.22. The van der Waals surface area contributed by atoms with Crippen molar-refractivity contribution in [1.29, 1.82) is 0 Å². The molecule has 1 aliphatic rings. The Morgan fingerprint density at radius 2 is 2.22 bits per heavy atom. The monoisotopic (exact) mass is 248 g/mol. The van der Waals surface area contributed by atoms with Gasteiger partial charge in [0.15, 0.2) is 0 Å². The van der Waals surface area contributed by atoms with E-state index in [2.05, 4.69) is 43.0 Å². The third-order valence-corrected chi connectivity index (χ3v) is 3.96. The second kappa shape index (κ2) is 6.42. The highest BCUT2D eigenvalue weighted by atomic mass is 15.0. The number of fused-ring (bicyclic) bond motifs is 1. The summed E-state index contributed by atoms with van der Waals surface area (Å²) in [6.07, 6.45) is 11.3. The summed E-state index contributed by atoms with van der Waals surface area (Å²) in [4.78, 5) is 0. The van der Waals surface area contributed by atoms with Crippen LogP contribution in [0.2, 0.25) is 0 Å². The molecule has 1 N–H and O–H groups in total. The lowest BCUT2D eigenvalue weighted by molar-refractivity contribution is 0.473. The summed E-state index contributed by atoms with van der Waals surface area (Å²) in [5.41, 5.74) is 3.14. The van der Waals surface area contributed by atoms with Gasteiger partial charge in [0.25, 0.3) is 0 Å². The third kappa shape index (κ3) is 3.38. The maximum atomic E-state index is 3.61. The first-order valence-electron chi connectivity index (χ1n) is 7.62. The molecule has 2 rings (SSSR count). The third-order valence-electron chi connectivity index (χ3n) is 3.96. The van der Waals surface area contributed by atoms with Crippen LogP contribution in [0.4, 0.5) is 0 Å². The fraction of sp³-hybridized carbons (Fsp3) is 0.750. The van der Waals surface area contributed by atoms with Crippen LogP contribution >= 0.6 is 0 Å². The van der Waals surface area contributed by atoms with E-state index in [0.717, 1.165) is 12.5 Å². The van der Waals surface area contributed by atoms with Crippen LogP contribution in [-0.2, 0) is 13.0 Å².